The van der Waals surface area contributed by atoms with Gasteiger partial charge in [0, 0.05) is 10.4 Å². The molecule has 0 bridgehead atoms. The molecule has 88 valence electrons. The lowest BCUT2D eigenvalue weighted by molar-refractivity contribution is 0.0690. The molecule has 0 unspecified atom stereocenters. The lowest BCUT2D eigenvalue weighted by atomic mass is 10.2. The Morgan fingerprint density at radius 3 is 2.53 bits per heavy atom. The van der Waals surface area contributed by atoms with Crippen molar-refractivity contribution in [1.82, 2.24) is 4.98 Å². The van der Waals surface area contributed by atoms with Crippen LogP contribution in [0.1, 0.15) is 15.4 Å². The van der Waals surface area contributed by atoms with Crippen molar-refractivity contribution in [1.29, 1.82) is 0 Å². The quantitative estimate of drug-likeness (QED) is 0.712. The normalized spacial score (nSPS) is 10.4. The van der Waals surface area contributed by atoms with Crippen molar-refractivity contribution in [2.75, 3.05) is 0 Å². The van der Waals surface area contributed by atoms with Crippen LogP contribution in [0.4, 0.5) is 0 Å². The van der Waals surface area contributed by atoms with E-state index in [2.05, 4.69) is 4.98 Å². The third-order valence-electron chi connectivity index (χ3n) is 2.22. The zero-order valence-electron chi connectivity index (χ0n) is 8.84. The van der Waals surface area contributed by atoms with Gasteiger partial charge >= 0.3 is 5.97 Å². The number of carboxylic acid groups (broad SMARTS) is 1. The SMILES string of the molecule is Cc1sc(-c2ccc(O)c(O)c2)nc1C(=O)O. The summed E-state index contributed by atoms with van der Waals surface area (Å²) in [5.41, 5.74) is 0.582. The number of carboxylic acids is 1. The molecule has 1 heterocycles. The fraction of sp³-hybridized carbons (Fsp3) is 0.0909. The Balaban J connectivity index is 2.50. The number of benzene rings is 1. The second-order valence-corrected chi connectivity index (χ2v) is 4.64. The molecule has 1 aromatic carbocycles. The van der Waals surface area contributed by atoms with Crippen LogP contribution in [0.3, 0.4) is 0 Å². The van der Waals surface area contributed by atoms with Gasteiger partial charge in [0.2, 0.25) is 0 Å². The van der Waals surface area contributed by atoms with Gasteiger partial charge in [-0.25, -0.2) is 9.78 Å². The highest BCUT2D eigenvalue weighted by molar-refractivity contribution is 7.15. The van der Waals surface area contributed by atoms with E-state index in [1.165, 1.54) is 23.5 Å². The summed E-state index contributed by atoms with van der Waals surface area (Å²) in [6.07, 6.45) is 0. The first-order valence-corrected chi connectivity index (χ1v) is 5.53. The minimum atomic E-state index is -1.08. The van der Waals surface area contributed by atoms with Gasteiger partial charge in [0.25, 0.3) is 0 Å². The Hall–Kier alpha value is -2.08. The number of rotatable bonds is 2. The molecule has 0 spiro atoms. The van der Waals surface area contributed by atoms with E-state index in [0.717, 1.165) is 0 Å². The average Bonchev–Trinajstić information content (AvgIpc) is 2.64. The van der Waals surface area contributed by atoms with Crippen molar-refractivity contribution in [2.45, 2.75) is 6.92 Å². The van der Waals surface area contributed by atoms with Crippen molar-refractivity contribution < 1.29 is 20.1 Å². The molecule has 3 N–H and O–H groups in total. The molecule has 0 saturated carbocycles. The van der Waals surface area contributed by atoms with Gasteiger partial charge in [-0.3, -0.25) is 0 Å². The number of aromatic carboxylic acids is 1. The van der Waals surface area contributed by atoms with Crippen LogP contribution < -0.4 is 0 Å². The lowest BCUT2D eigenvalue weighted by Crippen LogP contribution is -1.98. The van der Waals surface area contributed by atoms with E-state index in [9.17, 15) is 15.0 Å². The second-order valence-electron chi connectivity index (χ2n) is 3.43. The van der Waals surface area contributed by atoms with Crippen LogP contribution in [0, 0.1) is 6.92 Å². The summed E-state index contributed by atoms with van der Waals surface area (Å²) >= 11 is 1.23. The zero-order valence-corrected chi connectivity index (χ0v) is 9.65. The molecule has 0 aliphatic heterocycles. The van der Waals surface area contributed by atoms with E-state index in [0.29, 0.717) is 15.4 Å². The number of thiazole rings is 1. The average molecular weight is 251 g/mol. The van der Waals surface area contributed by atoms with Crippen molar-refractivity contribution in [3.8, 4) is 22.1 Å². The monoisotopic (exact) mass is 251 g/mol. The van der Waals surface area contributed by atoms with Crippen LogP contribution in [-0.4, -0.2) is 26.3 Å². The fourth-order valence-corrected chi connectivity index (χ4v) is 2.28. The highest BCUT2D eigenvalue weighted by atomic mass is 32.1. The molecule has 0 saturated heterocycles. The van der Waals surface area contributed by atoms with Crippen molar-refractivity contribution >= 4 is 17.3 Å². The van der Waals surface area contributed by atoms with E-state index in [1.54, 1.807) is 13.0 Å². The Bertz CT molecular complexity index is 591. The summed E-state index contributed by atoms with van der Waals surface area (Å²) in [6, 6.07) is 4.25. The maximum Gasteiger partial charge on any atom is 0.355 e. The molecular weight excluding hydrogens is 242 g/mol. The first-order chi connectivity index (χ1) is 7.99. The number of phenols is 2. The minimum absolute atomic E-state index is 0.0116. The number of aryl methyl sites for hydroxylation is 1. The number of carbonyl (C=O) groups is 1. The number of aromatic nitrogens is 1. The number of hydrogen-bond acceptors (Lipinski definition) is 5. The molecular formula is C11H9NO4S. The van der Waals surface area contributed by atoms with Crippen molar-refractivity contribution in [3.63, 3.8) is 0 Å². The first kappa shape index (κ1) is 11.4. The predicted octanol–water partition coefficient (Wildman–Crippen LogP) is 2.23. The molecule has 0 fully saturated rings. The molecule has 0 atom stereocenters. The summed E-state index contributed by atoms with van der Waals surface area (Å²) in [5, 5.41) is 27.9. The van der Waals surface area contributed by atoms with E-state index in [-0.39, 0.29) is 17.2 Å². The Morgan fingerprint density at radius 2 is 2.00 bits per heavy atom. The predicted molar refractivity (Wildman–Crippen MR) is 62.6 cm³/mol. The summed E-state index contributed by atoms with van der Waals surface area (Å²) < 4.78 is 0. The Labute approximate surface area is 101 Å². The standard InChI is InChI=1S/C11H9NO4S/c1-5-9(11(15)16)12-10(17-5)6-2-3-7(13)8(14)4-6/h2-4,13-14H,1H3,(H,15,16). The topological polar surface area (TPSA) is 90.7 Å². The van der Waals surface area contributed by atoms with Crippen LogP contribution in [0.25, 0.3) is 10.6 Å². The number of hydrogen-bond donors (Lipinski definition) is 3. The molecule has 0 aliphatic carbocycles. The van der Waals surface area contributed by atoms with Gasteiger partial charge < -0.3 is 15.3 Å². The molecule has 17 heavy (non-hydrogen) atoms. The molecule has 5 nitrogen and oxygen atoms in total. The second kappa shape index (κ2) is 4.06. The Morgan fingerprint density at radius 1 is 1.29 bits per heavy atom. The van der Waals surface area contributed by atoms with Gasteiger partial charge in [-0.1, -0.05) is 0 Å². The van der Waals surface area contributed by atoms with Gasteiger partial charge in [-0.05, 0) is 25.1 Å². The number of phenolic OH excluding ortho intramolecular Hbond substituents is 2. The van der Waals surface area contributed by atoms with Crippen LogP contribution in [-0.2, 0) is 0 Å². The van der Waals surface area contributed by atoms with Crippen molar-refractivity contribution in [3.05, 3.63) is 28.8 Å². The molecule has 0 aliphatic rings. The van der Waals surface area contributed by atoms with Gasteiger partial charge in [-0.15, -0.1) is 11.3 Å². The van der Waals surface area contributed by atoms with Crippen LogP contribution >= 0.6 is 11.3 Å². The summed E-state index contributed by atoms with van der Waals surface area (Å²) in [5.74, 6) is -1.55. The number of nitrogens with zero attached hydrogens (tertiary/aromatic N) is 1. The molecule has 0 amide bonds. The fourth-order valence-electron chi connectivity index (χ4n) is 1.37. The summed E-state index contributed by atoms with van der Waals surface area (Å²) in [7, 11) is 0. The highest BCUT2D eigenvalue weighted by Gasteiger charge is 2.15. The van der Waals surface area contributed by atoms with Gasteiger partial charge in [0.05, 0.1) is 0 Å². The molecule has 6 heteroatoms. The van der Waals surface area contributed by atoms with E-state index < -0.39 is 5.97 Å². The van der Waals surface area contributed by atoms with Crippen molar-refractivity contribution in [2.24, 2.45) is 0 Å². The third kappa shape index (κ3) is 2.07. The first-order valence-electron chi connectivity index (χ1n) is 4.72. The van der Waals surface area contributed by atoms with Gasteiger partial charge in [0.15, 0.2) is 17.2 Å². The zero-order chi connectivity index (χ0) is 12.6. The summed E-state index contributed by atoms with van der Waals surface area (Å²) in [6.45, 7) is 1.67. The smallest absolute Gasteiger partial charge is 0.355 e. The van der Waals surface area contributed by atoms with Crippen LogP contribution in [0.5, 0.6) is 11.5 Å². The van der Waals surface area contributed by atoms with Gasteiger partial charge in [-0.2, -0.15) is 0 Å². The molecule has 1 aromatic heterocycles. The lowest BCUT2D eigenvalue weighted by Gasteiger charge is -1.99. The summed E-state index contributed by atoms with van der Waals surface area (Å²) in [4.78, 5) is 15.4. The molecule has 2 aromatic rings. The van der Waals surface area contributed by atoms with Gasteiger partial charge in [0.1, 0.15) is 5.01 Å². The molecule has 0 radical (unpaired) electrons. The maximum atomic E-state index is 10.8. The maximum absolute atomic E-state index is 10.8. The van der Waals surface area contributed by atoms with E-state index in [4.69, 9.17) is 5.11 Å². The van der Waals surface area contributed by atoms with E-state index >= 15 is 0 Å². The Kier molecular flexibility index (Phi) is 2.72. The largest absolute Gasteiger partial charge is 0.504 e. The molecule has 2 rings (SSSR count). The third-order valence-corrected chi connectivity index (χ3v) is 3.24. The van der Waals surface area contributed by atoms with Crippen LogP contribution in [0.2, 0.25) is 0 Å². The minimum Gasteiger partial charge on any atom is -0.504 e. The van der Waals surface area contributed by atoms with E-state index in [1.807, 2.05) is 0 Å². The highest BCUT2D eigenvalue weighted by Crippen LogP contribution is 2.33. The van der Waals surface area contributed by atoms with Crippen LogP contribution in [0.15, 0.2) is 18.2 Å². The number of aromatic hydroxyl groups is 2.